The number of anilines is 1. The van der Waals surface area contributed by atoms with Gasteiger partial charge in [0.15, 0.2) is 5.65 Å². The predicted molar refractivity (Wildman–Crippen MR) is 67.0 cm³/mol. The first-order chi connectivity index (χ1) is 8.81. The Bertz CT molecular complexity index is 581. The van der Waals surface area contributed by atoms with E-state index in [0.717, 1.165) is 18.4 Å². The van der Waals surface area contributed by atoms with Crippen molar-refractivity contribution < 1.29 is 4.79 Å². The van der Waals surface area contributed by atoms with E-state index in [1.807, 2.05) is 6.07 Å². The van der Waals surface area contributed by atoms with Gasteiger partial charge in [0.2, 0.25) is 5.91 Å². The molecule has 3 rings (SSSR count). The van der Waals surface area contributed by atoms with Crippen molar-refractivity contribution in [2.75, 3.05) is 11.9 Å². The zero-order valence-electron chi connectivity index (χ0n) is 9.76. The maximum absolute atomic E-state index is 11.5. The van der Waals surface area contributed by atoms with Crippen LogP contribution in [0.5, 0.6) is 0 Å². The fourth-order valence-electron chi connectivity index (χ4n) is 1.63. The van der Waals surface area contributed by atoms with E-state index in [1.165, 1.54) is 0 Å². The Balaban J connectivity index is 1.64. The number of hydrogen-bond acceptors (Lipinski definition) is 5. The molecule has 18 heavy (non-hydrogen) atoms. The van der Waals surface area contributed by atoms with Crippen LogP contribution in [0.1, 0.15) is 12.8 Å². The van der Waals surface area contributed by atoms with Crippen molar-refractivity contribution in [2.24, 2.45) is 0 Å². The molecule has 2 N–H and O–H groups in total. The molecule has 2 aromatic rings. The third kappa shape index (κ3) is 2.53. The molecule has 0 spiro atoms. The molecule has 92 valence electrons. The number of fused-ring (bicyclic) bond motifs is 1. The molecule has 1 aliphatic rings. The summed E-state index contributed by atoms with van der Waals surface area (Å²) in [6, 6.07) is 4.01. The summed E-state index contributed by atoms with van der Waals surface area (Å²) in [7, 11) is 0. The van der Waals surface area contributed by atoms with E-state index in [0.29, 0.717) is 17.5 Å². The fraction of sp³-hybridized carbons (Fsp3) is 0.333. The van der Waals surface area contributed by atoms with Gasteiger partial charge < -0.3 is 10.6 Å². The van der Waals surface area contributed by atoms with Gasteiger partial charge in [-0.1, -0.05) is 0 Å². The Kier molecular flexibility index (Phi) is 2.76. The average Bonchev–Trinajstić information content (AvgIpc) is 3.20. The monoisotopic (exact) mass is 243 g/mol. The molecule has 0 bridgehead atoms. The van der Waals surface area contributed by atoms with Gasteiger partial charge in [-0.2, -0.15) is 0 Å². The summed E-state index contributed by atoms with van der Waals surface area (Å²) in [6.45, 7) is 0.231. The van der Waals surface area contributed by atoms with Crippen molar-refractivity contribution in [3.05, 3.63) is 24.5 Å². The van der Waals surface area contributed by atoms with Gasteiger partial charge in [-0.3, -0.25) is 9.78 Å². The Morgan fingerprint density at radius 3 is 2.94 bits per heavy atom. The van der Waals surface area contributed by atoms with Gasteiger partial charge in [0, 0.05) is 18.4 Å². The van der Waals surface area contributed by atoms with Gasteiger partial charge in [0.05, 0.1) is 6.54 Å². The van der Waals surface area contributed by atoms with Crippen molar-refractivity contribution in [3.63, 3.8) is 0 Å². The van der Waals surface area contributed by atoms with E-state index < -0.39 is 0 Å². The van der Waals surface area contributed by atoms with E-state index in [2.05, 4.69) is 25.6 Å². The zero-order chi connectivity index (χ0) is 12.4. The largest absolute Gasteiger partial charge is 0.361 e. The maximum Gasteiger partial charge on any atom is 0.239 e. The molecule has 0 radical (unpaired) electrons. The minimum atomic E-state index is -0.00135. The number of nitrogens with zero attached hydrogens (tertiary/aromatic N) is 3. The molecule has 2 heterocycles. The topological polar surface area (TPSA) is 79.8 Å². The molecule has 0 atom stereocenters. The van der Waals surface area contributed by atoms with Crippen LogP contribution in [-0.2, 0) is 4.79 Å². The van der Waals surface area contributed by atoms with E-state index >= 15 is 0 Å². The predicted octanol–water partition coefficient (Wildman–Crippen LogP) is 0.715. The minimum absolute atomic E-state index is 0.00135. The quantitative estimate of drug-likeness (QED) is 0.827. The molecular formula is C12H13N5O. The molecule has 0 unspecified atom stereocenters. The maximum atomic E-state index is 11.5. The number of amides is 1. The Morgan fingerprint density at radius 2 is 2.11 bits per heavy atom. The van der Waals surface area contributed by atoms with Crippen LogP contribution < -0.4 is 10.6 Å². The van der Waals surface area contributed by atoms with Crippen LogP contribution in [0.4, 0.5) is 5.82 Å². The molecule has 1 aliphatic carbocycles. The second kappa shape index (κ2) is 4.56. The van der Waals surface area contributed by atoms with Crippen LogP contribution in [0.3, 0.4) is 0 Å². The number of rotatable bonds is 4. The summed E-state index contributed by atoms with van der Waals surface area (Å²) in [5.74, 6) is 0.632. The van der Waals surface area contributed by atoms with Crippen LogP contribution >= 0.6 is 0 Å². The second-order valence-corrected chi connectivity index (χ2v) is 4.29. The third-order valence-corrected chi connectivity index (χ3v) is 2.70. The first-order valence-electron chi connectivity index (χ1n) is 5.92. The number of pyridine rings is 1. The molecule has 1 amide bonds. The molecule has 6 heteroatoms. The molecule has 1 fully saturated rings. The highest BCUT2D eigenvalue weighted by Crippen LogP contribution is 2.18. The number of carbonyl (C=O) groups is 1. The van der Waals surface area contributed by atoms with Crippen LogP contribution in [0.2, 0.25) is 0 Å². The van der Waals surface area contributed by atoms with Crippen LogP contribution in [0.15, 0.2) is 24.5 Å². The lowest BCUT2D eigenvalue weighted by atomic mass is 10.4. The van der Waals surface area contributed by atoms with E-state index in [1.54, 1.807) is 18.5 Å². The summed E-state index contributed by atoms with van der Waals surface area (Å²) >= 11 is 0. The van der Waals surface area contributed by atoms with Crippen molar-refractivity contribution in [1.29, 1.82) is 0 Å². The lowest BCUT2D eigenvalue weighted by molar-refractivity contribution is -0.119. The number of nitrogens with one attached hydrogen (secondary N) is 2. The first-order valence-corrected chi connectivity index (χ1v) is 5.92. The van der Waals surface area contributed by atoms with E-state index in [9.17, 15) is 4.79 Å². The molecular weight excluding hydrogens is 230 g/mol. The van der Waals surface area contributed by atoms with Gasteiger partial charge in [0.1, 0.15) is 11.3 Å². The number of hydrogen-bond donors (Lipinski definition) is 2. The van der Waals surface area contributed by atoms with Crippen molar-refractivity contribution in [2.45, 2.75) is 18.9 Å². The molecule has 0 aromatic carbocycles. The summed E-state index contributed by atoms with van der Waals surface area (Å²) in [5.41, 5.74) is 1.32. The summed E-state index contributed by atoms with van der Waals surface area (Å²) < 4.78 is 0. The van der Waals surface area contributed by atoms with Crippen LogP contribution in [0, 0.1) is 0 Å². The van der Waals surface area contributed by atoms with Crippen molar-refractivity contribution in [3.8, 4) is 0 Å². The highest BCUT2D eigenvalue weighted by Gasteiger charge is 2.22. The van der Waals surface area contributed by atoms with Gasteiger partial charge in [-0.05, 0) is 25.0 Å². The van der Waals surface area contributed by atoms with Gasteiger partial charge >= 0.3 is 0 Å². The van der Waals surface area contributed by atoms with Gasteiger partial charge in [-0.15, -0.1) is 0 Å². The molecule has 1 saturated carbocycles. The normalized spacial score (nSPS) is 14.4. The molecule has 2 aromatic heterocycles. The Labute approximate surface area is 104 Å². The number of carbonyl (C=O) groups excluding carboxylic acids is 1. The number of aromatic nitrogens is 3. The van der Waals surface area contributed by atoms with Crippen LogP contribution in [0.25, 0.3) is 11.2 Å². The minimum Gasteiger partial charge on any atom is -0.361 e. The van der Waals surface area contributed by atoms with E-state index in [-0.39, 0.29) is 12.5 Å². The van der Waals surface area contributed by atoms with E-state index in [4.69, 9.17) is 0 Å². The van der Waals surface area contributed by atoms with Crippen LogP contribution in [-0.4, -0.2) is 33.4 Å². The standard InChI is InChI=1S/C12H13N5O/c18-11(16-8-1-2-8)7-15-10-4-3-9-12(17-10)14-6-5-13-9/h3-6,8H,1-2,7H2,(H,16,18)(H,14,15,17). The smallest absolute Gasteiger partial charge is 0.239 e. The molecule has 6 nitrogen and oxygen atoms in total. The summed E-state index contributed by atoms with van der Waals surface area (Å²) in [6.07, 6.45) is 5.41. The Morgan fingerprint density at radius 1 is 1.28 bits per heavy atom. The lowest BCUT2D eigenvalue weighted by Gasteiger charge is -2.06. The van der Waals surface area contributed by atoms with Crippen molar-refractivity contribution >= 4 is 22.9 Å². The second-order valence-electron chi connectivity index (χ2n) is 4.29. The SMILES string of the molecule is O=C(CNc1ccc2nccnc2n1)NC1CC1. The first kappa shape index (κ1) is 10.9. The van der Waals surface area contributed by atoms with Gasteiger partial charge in [0.25, 0.3) is 0 Å². The van der Waals surface area contributed by atoms with Crippen molar-refractivity contribution in [1.82, 2.24) is 20.3 Å². The fourth-order valence-corrected chi connectivity index (χ4v) is 1.63. The summed E-state index contributed by atoms with van der Waals surface area (Å²) in [4.78, 5) is 24.0. The third-order valence-electron chi connectivity index (χ3n) is 2.70. The highest BCUT2D eigenvalue weighted by molar-refractivity contribution is 5.81. The summed E-state index contributed by atoms with van der Waals surface area (Å²) in [5, 5.41) is 5.88. The lowest BCUT2D eigenvalue weighted by Crippen LogP contribution is -2.31. The highest BCUT2D eigenvalue weighted by atomic mass is 16.2. The molecule has 0 saturated heterocycles. The zero-order valence-corrected chi connectivity index (χ0v) is 9.76. The Hall–Kier alpha value is -2.24. The van der Waals surface area contributed by atoms with Gasteiger partial charge in [-0.25, -0.2) is 9.97 Å². The average molecular weight is 243 g/mol. The molecule has 0 aliphatic heterocycles.